The van der Waals surface area contributed by atoms with Crippen LogP contribution in [0.1, 0.15) is 24.8 Å². The van der Waals surface area contributed by atoms with Gasteiger partial charge >= 0.3 is 0 Å². The summed E-state index contributed by atoms with van der Waals surface area (Å²) in [7, 11) is 0. The summed E-state index contributed by atoms with van der Waals surface area (Å²) in [6.45, 7) is 1.75. The number of phenols is 1. The van der Waals surface area contributed by atoms with Gasteiger partial charge in [0.1, 0.15) is 5.75 Å². The summed E-state index contributed by atoms with van der Waals surface area (Å²) in [5.74, 6) is 0.315. The molecule has 0 atom stereocenters. The van der Waals surface area contributed by atoms with Crippen molar-refractivity contribution in [2.75, 3.05) is 13.2 Å². The molecule has 0 amide bonds. The van der Waals surface area contributed by atoms with Crippen molar-refractivity contribution >= 4 is 0 Å². The molecule has 1 saturated carbocycles. The molecule has 0 bridgehead atoms. The van der Waals surface area contributed by atoms with E-state index in [4.69, 9.17) is 5.11 Å². The largest absolute Gasteiger partial charge is 0.508 e. The molecule has 0 spiro atoms. The third-order valence-electron chi connectivity index (χ3n) is 3.27. The van der Waals surface area contributed by atoms with Gasteiger partial charge in [-0.05, 0) is 30.5 Å². The lowest BCUT2D eigenvalue weighted by atomic mass is 9.91. The zero-order chi connectivity index (χ0) is 11.4. The second kappa shape index (κ2) is 5.32. The van der Waals surface area contributed by atoms with E-state index in [1.807, 2.05) is 12.1 Å². The van der Waals surface area contributed by atoms with Crippen molar-refractivity contribution in [3.8, 4) is 5.75 Å². The first-order chi connectivity index (χ1) is 7.79. The highest BCUT2D eigenvalue weighted by molar-refractivity contribution is 5.27. The Morgan fingerprint density at radius 2 is 2.12 bits per heavy atom. The highest BCUT2D eigenvalue weighted by Gasteiger charge is 2.24. The summed E-state index contributed by atoms with van der Waals surface area (Å²) < 4.78 is 0. The number of benzene rings is 1. The Hall–Kier alpha value is -1.06. The number of rotatable bonds is 5. The minimum absolute atomic E-state index is 0.204. The molecule has 1 aromatic carbocycles. The fraction of sp³-hybridized carbons (Fsp3) is 0.538. The maximum Gasteiger partial charge on any atom is 0.115 e. The van der Waals surface area contributed by atoms with Crippen molar-refractivity contribution in [2.45, 2.75) is 31.8 Å². The van der Waals surface area contributed by atoms with Crippen LogP contribution in [0.5, 0.6) is 5.75 Å². The van der Waals surface area contributed by atoms with Crippen LogP contribution in [0.2, 0.25) is 0 Å². The summed E-state index contributed by atoms with van der Waals surface area (Å²) >= 11 is 0. The molecule has 88 valence electrons. The van der Waals surface area contributed by atoms with Crippen molar-refractivity contribution in [1.82, 2.24) is 4.90 Å². The molecule has 1 fully saturated rings. The molecular formula is C13H19NO2. The zero-order valence-corrected chi connectivity index (χ0v) is 9.47. The van der Waals surface area contributed by atoms with Crippen LogP contribution in [0.3, 0.4) is 0 Å². The standard InChI is InChI=1S/C13H19NO2/c15-8-7-14(12-4-2-5-12)10-11-3-1-6-13(16)9-11/h1,3,6,9,12,15-16H,2,4-5,7-8,10H2. The maximum absolute atomic E-state index is 9.40. The highest BCUT2D eigenvalue weighted by atomic mass is 16.3. The lowest BCUT2D eigenvalue weighted by molar-refractivity contribution is 0.0945. The van der Waals surface area contributed by atoms with Crippen molar-refractivity contribution in [2.24, 2.45) is 0 Å². The van der Waals surface area contributed by atoms with Crippen LogP contribution in [0.25, 0.3) is 0 Å². The maximum atomic E-state index is 9.40. The normalized spacial score (nSPS) is 16.4. The summed E-state index contributed by atoms with van der Waals surface area (Å²) in [4.78, 5) is 2.30. The molecule has 0 unspecified atom stereocenters. The highest BCUT2D eigenvalue weighted by Crippen LogP contribution is 2.26. The molecule has 1 aliphatic carbocycles. The summed E-state index contributed by atoms with van der Waals surface area (Å²) in [5, 5.41) is 18.4. The molecule has 0 saturated heterocycles. The molecule has 2 N–H and O–H groups in total. The number of hydrogen-bond acceptors (Lipinski definition) is 3. The summed E-state index contributed by atoms with van der Waals surface area (Å²) in [6, 6.07) is 7.98. The van der Waals surface area contributed by atoms with Gasteiger partial charge in [-0.3, -0.25) is 4.90 Å². The van der Waals surface area contributed by atoms with Gasteiger partial charge in [-0.1, -0.05) is 18.6 Å². The Morgan fingerprint density at radius 3 is 2.69 bits per heavy atom. The van der Waals surface area contributed by atoms with E-state index in [1.165, 1.54) is 19.3 Å². The van der Waals surface area contributed by atoms with E-state index in [0.717, 1.165) is 18.7 Å². The first kappa shape index (κ1) is 11.4. The van der Waals surface area contributed by atoms with Crippen molar-refractivity contribution in [1.29, 1.82) is 0 Å². The lowest BCUT2D eigenvalue weighted by Gasteiger charge is -2.37. The van der Waals surface area contributed by atoms with Gasteiger partial charge < -0.3 is 10.2 Å². The summed E-state index contributed by atoms with van der Waals surface area (Å²) in [5.41, 5.74) is 1.11. The number of aromatic hydroxyl groups is 1. The average molecular weight is 221 g/mol. The molecule has 0 aromatic heterocycles. The number of aliphatic hydroxyl groups excluding tert-OH is 1. The fourth-order valence-electron chi connectivity index (χ4n) is 2.16. The van der Waals surface area contributed by atoms with Crippen LogP contribution in [0, 0.1) is 0 Å². The molecule has 16 heavy (non-hydrogen) atoms. The van der Waals surface area contributed by atoms with Gasteiger partial charge in [0.05, 0.1) is 6.61 Å². The monoisotopic (exact) mass is 221 g/mol. The second-order valence-electron chi connectivity index (χ2n) is 4.45. The van der Waals surface area contributed by atoms with Gasteiger partial charge in [0.2, 0.25) is 0 Å². The average Bonchev–Trinajstić information content (AvgIpc) is 2.15. The van der Waals surface area contributed by atoms with E-state index in [9.17, 15) is 5.11 Å². The van der Waals surface area contributed by atoms with Crippen LogP contribution in [-0.4, -0.2) is 34.3 Å². The first-order valence-electron chi connectivity index (χ1n) is 5.92. The van der Waals surface area contributed by atoms with Gasteiger partial charge in [-0.2, -0.15) is 0 Å². The van der Waals surface area contributed by atoms with E-state index in [2.05, 4.69) is 4.90 Å². The molecule has 1 aliphatic rings. The molecule has 1 aromatic rings. The van der Waals surface area contributed by atoms with Crippen molar-refractivity contribution in [3.05, 3.63) is 29.8 Å². The fourth-order valence-corrected chi connectivity index (χ4v) is 2.16. The van der Waals surface area contributed by atoms with Gasteiger partial charge in [-0.25, -0.2) is 0 Å². The Balaban J connectivity index is 1.98. The van der Waals surface area contributed by atoms with Crippen LogP contribution in [-0.2, 0) is 6.54 Å². The number of aliphatic hydroxyl groups is 1. The van der Waals surface area contributed by atoms with Gasteiger partial charge in [-0.15, -0.1) is 0 Å². The van der Waals surface area contributed by atoms with Gasteiger partial charge in [0.15, 0.2) is 0 Å². The van der Waals surface area contributed by atoms with Crippen LogP contribution in [0.15, 0.2) is 24.3 Å². The third-order valence-corrected chi connectivity index (χ3v) is 3.27. The van der Waals surface area contributed by atoms with E-state index in [-0.39, 0.29) is 6.61 Å². The smallest absolute Gasteiger partial charge is 0.115 e. The number of hydrogen-bond donors (Lipinski definition) is 2. The third kappa shape index (κ3) is 2.74. The van der Waals surface area contributed by atoms with Gasteiger partial charge in [0.25, 0.3) is 0 Å². The predicted octanol–water partition coefficient (Wildman–Crippen LogP) is 1.74. The molecule has 0 aliphatic heterocycles. The Bertz CT molecular complexity index is 336. The number of phenolic OH excluding ortho intramolecular Hbond substituents is 1. The minimum Gasteiger partial charge on any atom is -0.508 e. The minimum atomic E-state index is 0.204. The van der Waals surface area contributed by atoms with Gasteiger partial charge in [0, 0.05) is 19.1 Å². The van der Waals surface area contributed by atoms with Crippen LogP contribution in [0.4, 0.5) is 0 Å². The lowest BCUT2D eigenvalue weighted by Crippen LogP contribution is -2.41. The van der Waals surface area contributed by atoms with Crippen molar-refractivity contribution in [3.63, 3.8) is 0 Å². The Labute approximate surface area is 96.3 Å². The van der Waals surface area contributed by atoms with E-state index in [0.29, 0.717) is 11.8 Å². The Kier molecular flexibility index (Phi) is 3.80. The molecular weight excluding hydrogens is 202 g/mol. The second-order valence-corrected chi connectivity index (χ2v) is 4.45. The molecule has 0 radical (unpaired) electrons. The van der Waals surface area contributed by atoms with E-state index < -0.39 is 0 Å². The number of nitrogens with zero attached hydrogens (tertiary/aromatic N) is 1. The molecule has 3 nitrogen and oxygen atoms in total. The summed E-state index contributed by atoms with van der Waals surface area (Å²) in [6.07, 6.45) is 3.77. The quantitative estimate of drug-likeness (QED) is 0.796. The zero-order valence-electron chi connectivity index (χ0n) is 9.47. The van der Waals surface area contributed by atoms with Crippen LogP contribution >= 0.6 is 0 Å². The van der Waals surface area contributed by atoms with E-state index >= 15 is 0 Å². The predicted molar refractivity (Wildman–Crippen MR) is 63.2 cm³/mol. The Morgan fingerprint density at radius 1 is 1.31 bits per heavy atom. The molecule has 0 heterocycles. The first-order valence-corrected chi connectivity index (χ1v) is 5.92. The van der Waals surface area contributed by atoms with Crippen molar-refractivity contribution < 1.29 is 10.2 Å². The van der Waals surface area contributed by atoms with Crippen LogP contribution < -0.4 is 0 Å². The molecule has 3 heteroatoms. The SMILES string of the molecule is OCCN(Cc1cccc(O)c1)C1CCC1. The molecule has 2 rings (SSSR count). The topological polar surface area (TPSA) is 43.7 Å². The van der Waals surface area contributed by atoms with E-state index in [1.54, 1.807) is 12.1 Å².